The van der Waals surface area contributed by atoms with Gasteiger partial charge in [0.2, 0.25) is 0 Å². The van der Waals surface area contributed by atoms with Crippen LogP contribution in [0.15, 0.2) is 58.4 Å². The van der Waals surface area contributed by atoms with Gasteiger partial charge < -0.3 is 9.47 Å². The highest BCUT2D eigenvalue weighted by molar-refractivity contribution is 5.81. The molecule has 0 radical (unpaired) electrons. The van der Waals surface area contributed by atoms with Gasteiger partial charge in [0.1, 0.15) is 5.69 Å². The number of hydrogen-bond acceptors (Lipinski definition) is 7. The molecule has 0 saturated carbocycles. The summed E-state index contributed by atoms with van der Waals surface area (Å²) in [6.45, 7) is 2.27. The quantitative estimate of drug-likeness (QED) is 0.461. The lowest BCUT2D eigenvalue weighted by Crippen LogP contribution is -2.15. The molecular formula is C20H21N5O3. The molecule has 8 nitrogen and oxygen atoms in total. The Labute approximate surface area is 162 Å². The summed E-state index contributed by atoms with van der Waals surface area (Å²) in [6, 6.07) is 15.7. The first-order valence-electron chi connectivity index (χ1n) is 8.73. The lowest BCUT2D eigenvalue weighted by Gasteiger charge is -2.11. The Bertz CT molecular complexity index is 1000. The van der Waals surface area contributed by atoms with Gasteiger partial charge in [0.15, 0.2) is 17.3 Å². The number of hydrogen-bond donors (Lipinski definition) is 2. The number of benzene rings is 2. The smallest absolute Gasteiger partial charge is 0.363 e. The van der Waals surface area contributed by atoms with Crippen LogP contribution in [0.1, 0.15) is 16.8 Å². The molecule has 0 spiro atoms. The molecule has 0 aliphatic heterocycles. The van der Waals surface area contributed by atoms with Gasteiger partial charge in [-0.05, 0) is 36.2 Å². The lowest BCUT2D eigenvalue weighted by atomic mass is 10.2. The standard InChI is InChI=1S/C20H21N5O3/c1-14-19(22-20(26)25-23-14)24-21-13-16-8-9-17(18(12-16)27-2)28-11-10-15-6-4-3-5-7-15/h3-9,12-13H,10-11H2,1-2H3,(H2,22,24,25,26)/b21-13+. The van der Waals surface area contributed by atoms with Crippen molar-refractivity contribution >= 4 is 12.0 Å². The monoisotopic (exact) mass is 379 g/mol. The summed E-state index contributed by atoms with van der Waals surface area (Å²) < 4.78 is 11.3. The maximum atomic E-state index is 11.2. The van der Waals surface area contributed by atoms with E-state index in [0.29, 0.717) is 29.6 Å². The van der Waals surface area contributed by atoms with E-state index in [0.717, 1.165) is 12.0 Å². The minimum atomic E-state index is -0.540. The van der Waals surface area contributed by atoms with Crippen LogP contribution in [0.5, 0.6) is 11.5 Å². The highest BCUT2D eigenvalue weighted by atomic mass is 16.5. The Balaban J connectivity index is 1.62. The molecule has 0 unspecified atom stereocenters. The van der Waals surface area contributed by atoms with Crippen molar-refractivity contribution in [3.05, 3.63) is 75.8 Å². The molecule has 0 atom stereocenters. The van der Waals surface area contributed by atoms with Gasteiger partial charge in [-0.1, -0.05) is 30.3 Å². The molecule has 0 bridgehead atoms. The number of hydrazone groups is 1. The second-order valence-corrected chi connectivity index (χ2v) is 5.94. The number of rotatable bonds is 8. The Morgan fingerprint density at radius 2 is 2.00 bits per heavy atom. The number of nitrogens with one attached hydrogen (secondary N) is 2. The first-order valence-corrected chi connectivity index (χ1v) is 8.73. The maximum Gasteiger partial charge on any atom is 0.363 e. The zero-order valence-electron chi connectivity index (χ0n) is 15.7. The molecule has 0 aliphatic carbocycles. The Morgan fingerprint density at radius 1 is 1.18 bits per heavy atom. The van der Waals surface area contributed by atoms with Crippen LogP contribution in [0, 0.1) is 6.92 Å². The van der Waals surface area contributed by atoms with Gasteiger partial charge >= 0.3 is 5.69 Å². The van der Waals surface area contributed by atoms with E-state index in [-0.39, 0.29) is 0 Å². The van der Waals surface area contributed by atoms with Crippen molar-refractivity contribution in [1.29, 1.82) is 0 Å². The SMILES string of the molecule is COc1cc(/C=N/Nc2nc(=O)[nH]nc2C)ccc1OCCc1ccccc1. The van der Waals surface area contributed by atoms with E-state index in [1.165, 1.54) is 5.56 Å². The van der Waals surface area contributed by atoms with Crippen LogP contribution in [-0.4, -0.2) is 35.1 Å². The first-order chi connectivity index (χ1) is 13.7. The van der Waals surface area contributed by atoms with E-state index >= 15 is 0 Å². The van der Waals surface area contributed by atoms with Gasteiger partial charge in [0.25, 0.3) is 0 Å². The fourth-order valence-electron chi connectivity index (χ4n) is 2.47. The van der Waals surface area contributed by atoms with Crippen LogP contribution in [0.3, 0.4) is 0 Å². The van der Waals surface area contributed by atoms with Gasteiger partial charge in [-0.2, -0.15) is 15.2 Å². The molecule has 0 aliphatic rings. The van der Waals surface area contributed by atoms with E-state index < -0.39 is 5.69 Å². The zero-order valence-corrected chi connectivity index (χ0v) is 15.7. The summed E-state index contributed by atoms with van der Waals surface area (Å²) in [5.41, 5.74) is 4.73. The molecule has 2 N–H and O–H groups in total. The Morgan fingerprint density at radius 3 is 2.79 bits per heavy atom. The van der Waals surface area contributed by atoms with Gasteiger partial charge in [-0.15, -0.1) is 0 Å². The predicted molar refractivity (Wildman–Crippen MR) is 107 cm³/mol. The summed E-state index contributed by atoms with van der Waals surface area (Å²) in [7, 11) is 1.59. The summed E-state index contributed by atoms with van der Waals surface area (Å²) in [6.07, 6.45) is 2.41. The summed E-state index contributed by atoms with van der Waals surface area (Å²) in [4.78, 5) is 15.0. The molecule has 0 saturated heterocycles. The van der Waals surface area contributed by atoms with Crippen LogP contribution >= 0.6 is 0 Å². The van der Waals surface area contributed by atoms with Crippen LogP contribution < -0.4 is 20.6 Å². The molecule has 144 valence electrons. The molecule has 3 rings (SSSR count). The van der Waals surface area contributed by atoms with Crippen LogP contribution in [0.4, 0.5) is 5.82 Å². The van der Waals surface area contributed by atoms with Gasteiger partial charge in [0.05, 0.1) is 19.9 Å². The molecule has 3 aromatic rings. The van der Waals surface area contributed by atoms with Crippen molar-refractivity contribution in [1.82, 2.24) is 15.2 Å². The number of ether oxygens (including phenoxy) is 2. The molecular weight excluding hydrogens is 358 g/mol. The average Bonchev–Trinajstić information content (AvgIpc) is 2.72. The Hall–Kier alpha value is -3.68. The summed E-state index contributed by atoms with van der Waals surface area (Å²) in [5.74, 6) is 1.58. The molecule has 1 aromatic heterocycles. The summed E-state index contributed by atoms with van der Waals surface area (Å²) >= 11 is 0. The van der Waals surface area contributed by atoms with Crippen molar-refractivity contribution < 1.29 is 9.47 Å². The second kappa shape index (κ2) is 9.31. The van der Waals surface area contributed by atoms with E-state index in [4.69, 9.17) is 9.47 Å². The third-order valence-corrected chi connectivity index (χ3v) is 3.94. The first kappa shape index (κ1) is 19.1. The maximum absolute atomic E-state index is 11.2. The molecule has 28 heavy (non-hydrogen) atoms. The number of H-pyrrole nitrogens is 1. The minimum absolute atomic E-state index is 0.299. The number of aromatic nitrogens is 3. The fraction of sp³-hybridized carbons (Fsp3) is 0.200. The molecule has 1 heterocycles. The normalized spacial score (nSPS) is 10.8. The van der Waals surface area contributed by atoms with E-state index in [1.54, 1.807) is 20.2 Å². The van der Waals surface area contributed by atoms with Crippen LogP contribution in [0.25, 0.3) is 0 Å². The number of aryl methyl sites for hydroxylation is 1. The Kier molecular flexibility index (Phi) is 6.35. The van der Waals surface area contributed by atoms with Gasteiger partial charge in [0, 0.05) is 6.42 Å². The second-order valence-electron chi connectivity index (χ2n) is 5.94. The third-order valence-electron chi connectivity index (χ3n) is 3.94. The zero-order chi connectivity index (χ0) is 19.8. The number of methoxy groups -OCH3 is 1. The van der Waals surface area contributed by atoms with E-state index in [9.17, 15) is 4.79 Å². The predicted octanol–water partition coefficient (Wildman–Crippen LogP) is 2.55. The van der Waals surface area contributed by atoms with Crippen molar-refractivity contribution in [3.8, 4) is 11.5 Å². The van der Waals surface area contributed by atoms with Crippen molar-refractivity contribution in [3.63, 3.8) is 0 Å². The largest absolute Gasteiger partial charge is 0.493 e. The van der Waals surface area contributed by atoms with Crippen LogP contribution in [0.2, 0.25) is 0 Å². The highest BCUT2D eigenvalue weighted by Crippen LogP contribution is 2.27. The van der Waals surface area contributed by atoms with E-state index in [2.05, 4.69) is 37.8 Å². The average molecular weight is 379 g/mol. The number of aromatic amines is 1. The minimum Gasteiger partial charge on any atom is -0.493 e. The number of nitrogens with zero attached hydrogens (tertiary/aromatic N) is 3. The summed E-state index contributed by atoms with van der Waals surface area (Å²) in [5, 5.41) is 10.2. The fourth-order valence-corrected chi connectivity index (χ4v) is 2.47. The molecule has 8 heteroatoms. The van der Waals surface area contributed by atoms with E-state index in [1.807, 2.05) is 36.4 Å². The highest BCUT2D eigenvalue weighted by Gasteiger charge is 2.06. The van der Waals surface area contributed by atoms with Crippen molar-refractivity contribution in [2.75, 3.05) is 19.1 Å². The molecule has 0 amide bonds. The van der Waals surface area contributed by atoms with Gasteiger partial charge in [-0.25, -0.2) is 9.89 Å². The third kappa shape index (κ3) is 5.16. The molecule has 2 aromatic carbocycles. The lowest BCUT2D eigenvalue weighted by molar-refractivity contribution is 0.297. The topological polar surface area (TPSA) is 101 Å². The van der Waals surface area contributed by atoms with Crippen molar-refractivity contribution in [2.45, 2.75) is 13.3 Å². The number of anilines is 1. The van der Waals surface area contributed by atoms with Gasteiger partial charge in [-0.3, -0.25) is 5.43 Å². The molecule has 0 fully saturated rings. The van der Waals surface area contributed by atoms with Crippen molar-refractivity contribution in [2.24, 2.45) is 5.10 Å². The van der Waals surface area contributed by atoms with Crippen LogP contribution in [-0.2, 0) is 6.42 Å².